The summed E-state index contributed by atoms with van der Waals surface area (Å²) >= 11 is 0. The summed E-state index contributed by atoms with van der Waals surface area (Å²) in [5, 5.41) is 0. The van der Waals surface area contributed by atoms with Crippen molar-refractivity contribution in [2.45, 2.75) is 63.1 Å². The van der Waals surface area contributed by atoms with Gasteiger partial charge in [-0.1, -0.05) is 12.1 Å². The minimum Gasteiger partial charge on any atom is -0.372 e. The zero-order valence-electron chi connectivity index (χ0n) is 23.1. The Morgan fingerprint density at radius 1 is 1.05 bits per heavy atom. The van der Waals surface area contributed by atoms with Crippen molar-refractivity contribution >= 4 is 18.1 Å². The van der Waals surface area contributed by atoms with Crippen molar-refractivity contribution in [3.8, 4) is 5.69 Å². The third kappa shape index (κ3) is 6.84. The number of primary amides is 1. The van der Waals surface area contributed by atoms with E-state index in [1.807, 2.05) is 23.1 Å². The fraction of sp³-hybridized carbons (Fsp3) is 0.571. The molecule has 1 saturated carbocycles. The molecule has 3 aliphatic rings. The Morgan fingerprint density at radius 2 is 1.64 bits per heavy atom. The smallest absolute Gasteiger partial charge is 0.354 e. The van der Waals surface area contributed by atoms with Gasteiger partial charge in [-0.15, -0.1) is 0 Å². The van der Waals surface area contributed by atoms with E-state index >= 15 is 0 Å². The second-order valence-corrected chi connectivity index (χ2v) is 11.5. The molecule has 11 nitrogen and oxygen atoms in total. The van der Waals surface area contributed by atoms with E-state index in [2.05, 4.69) is 27.8 Å². The number of benzene rings is 1. The Hall–Kier alpha value is -3.28. The summed E-state index contributed by atoms with van der Waals surface area (Å²) in [6.07, 6.45) is 7.77. The molecule has 6 N–H and O–H groups in total. The number of rotatable bonds is 6. The highest BCUT2D eigenvalue weighted by atomic mass is 16.2. The van der Waals surface area contributed by atoms with E-state index in [0.717, 1.165) is 38.0 Å². The monoisotopic (exact) mass is 538 g/mol. The van der Waals surface area contributed by atoms with Crippen molar-refractivity contribution in [1.29, 1.82) is 0 Å². The molecular formula is C28H42N8O3. The van der Waals surface area contributed by atoms with Crippen LogP contribution < -0.4 is 27.8 Å². The summed E-state index contributed by atoms with van der Waals surface area (Å²) < 4.78 is 1.59. The predicted octanol–water partition coefficient (Wildman–Crippen LogP) is 0.218. The van der Waals surface area contributed by atoms with Crippen molar-refractivity contribution < 1.29 is 9.59 Å². The lowest BCUT2D eigenvalue weighted by Gasteiger charge is -2.38. The molecule has 1 aliphatic carbocycles. The topological polar surface area (TPSA) is 157 Å². The van der Waals surface area contributed by atoms with Gasteiger partial charge in [0, 0.05) is 57.0 Å². The molecule has 0 spiro atoms. The maximum atomic E-state index is 12.9. The standard InChI is InChI=1S/C27H39N7O2.CH3NO/c1-26(2,29)24(35)32-17-15-31(16-18-32)23-9-14-34(25(36)30-23)22-5-3-20(4-6-22)19-27(10-11-27)33-12-7-21(28)8-13-33;2-1-3/h3-6,9,14,21H,7-8,10-13,15-19,28-29H2,1-2H3;1H,(H2,2,3). The van der Waals surface area contributed by atoms with E-state index < -0.39 is 5.54 Å². The number of nitrogens with zero attached hydrogens (tertiary/aromatic N) is 5. The average molecular weight is 539 g/mol. The van der Waals surface area contributed by atoms with Crippen LogP contribution in [0.4, 0.5) is 5.82 Å². The van der Waals surface area contributed by atoms with Crippen LogP contribution in [0.3, 0.4) is 0 Å². The number of piperazine rings is 1. The largest absolute Gasteiger partial charge is 0.372 e. The number of hydrogen-bond acceptors (Lipinski definition) is 8. The van der Waals surface area contributed by atoms with Gasteiger partial charge in [-0.3, -0.25) is 19.1 Å². The minimum atomic E-state index is -0.878. The van der Waals surface area contributed by atoms with Crippen LogP contribution in [-0.2, 0) is 16.0 Å². The number of aromatic nitrogens is 2. The van der Waals surface area contributed by atoms with Crippen LogP contribution in [0.5, 0.6) is 0 Å². The quantitative estimate of drug-likeness (QED) is 0.441. The average Bonchev–Trinajstić information content (AvgIpc) is 3.69. The lowest BCUT2D eigenvalue weighted by Crippen LogP contribution is -2.57. The van der Waals surface area contributed by atoms with Crippen molar-refractivity contribution in [1.82, 2.24) is 19.4 Å². The summed E-state index contributed by atoms with van der Waals surface area (Å²) in [4.78, 5) is 44.7. The molecule has 2 aromatic rings. The summed E-state index contributed by atoms with van der Waals surface area (Å²) in [5.74, 6) is 0.589. The first-order chi connectivity index (χ1) is 18.6. The van der Waals surface area contributed by atoms with E-state index in [9.17, 15) is 9.59 Å². The number of carbonyl (C=O) groups is 2. The van der Waals surface area contributed by atoms with Crippen LogP contribution in [0.15, 0.2) is 41.3 Å². The van der Waals surface area contributed by atoms with Crippen LogP contribution in [0, 0.1) is 0 Å². The maximum absolute atomic E-state index is 12.9. The van der Waals surface area contributed by atoms with Crippen LogP contribution in [0.1, 0.15) is 45.1 Å². The number of carbonyl (C=O) groups excluding carboxylic acids is 2. The molecule has 11 heteroatoms. The van der Waals surface area contributed by atoms with Gasteiger partial charge in [0.05, 0.1) is 11.2 Å². The van der Waals surface area contributed by atoms with Gasteiger partial charge >= 0.3 is 5.69 Å². The Morgan fingerprint density at radius 3 is 2.15 bits per heavy atom. The Bertz CT molecular complexity index is 1190. The molecule has 5 rings (SSSR count). The van der Waals surface area contributed by atoms with Crippen molar-refractivity contribution in [2.24, 2.45) is 17.2 Å². The number of likely N-dealkylation sites (tertiary alicyclic amines) is 1. The van der Waals surface area contributed by atoms with Gasteiger partial charge < -0.3 is 27.0 Å². The molecule has 0 bridgehead atoms. The lowest BCUT2D eigenvalue weighted by atomic mass is 9.98. The number of piperidine rings is 1. The third-order valence-electron chi connectivity index (χ3n) is 8.02. The Balaban J connectivity index is 0.00000112. The summed E-state index contributed by atoms with van der Waals surface area (Å²) in [5.41, 5.74) is 17.5. The molecule has 3 fully saturated rings. The predicted molar refractivity (Wildman–Crippen MR) is 152 cm³/mol. The van der Waals surface area contributed by atoms with Crippen molar-refractivity contribution in [3.05, 3.63) is 52.6 Å². The molecule has 0 unspecified atom stereocenters. The molecule has 0 atom stereocenters. The van der Waals surface area contributed by atoms with Gasteiger partial charge in [-0.25, -0.2) is 4.79 Å². The third-order valence-corrected chi connectivity index (χ3v) is 8.02. The summed E-state index contributed by atoms with van der Waals surface area (Å²) in [6, 6.07) is 10.5. The molecular weight excluding hydrogens is 496 g/mol. The first-order valence-electron chi connectivity index (χ1n) is 13.7. The molecule has 1 aromatic heterocycles. The Labute approximate surface area is 229 Å². The number of nitrogens with two attached hydrogens (primary N) is 3. The molecule has 1 aromatic carbocycles. The molecule has 2 saturated heterocycles. The summed E-state index contributed by atoms with van der Waals surface area (Å²) in [7, 11) is 0. The molecule has 2 aliphatic heterocycles. The molecule has 0 radical (unpaired) electrons. The molecule has 39 heavy (non-hydrogen) atoms. The second kappa shape index (κ2) is 11.8. The van der Waals surface area contributed by atoms with Gasteiger partial charge in [-0.05, 0) is 69.7 Å². The van der Waals surface area contributed by atoms with E-state index in [4.69, 9.17) is 16.3 Å². The van der Waals surface area contributed by atoms with E-state index in [-0.39, 0.29) is 18.0 Å². The summed E-state index contributed by atoms with van der Waals surface area (Å²) in [6.45, 7) is 8.03. The Kier molecular flexibility index (Phi) is 8.73. The van der Waals surface area contributed by atoms with Gasteiger partial charge in [0.1, 0.15) is 5.82 Å². The first kappa shape index (κ1) is 28.7. The zero-order chi connectivity index (χ0) is 28.2. The molecule has 2 amide bonds. The maximum Gasteiger partial charge on any atom is 0.354 e. The fourth-order valence-electron chi connectivity index (χ4n) is 5.59. The van der Waals surface area contributed by atoms with Crippen LogP contribution in [0.2, 0.25) is 0 Å². The lowest BCUT2D eigenvalue weighted by molar-refractivity contribution is -0.136. The number of amides is 2. The molecule has 212 valence electrons. The highest BCUT2D eigenvalue weighted by Crippen LogP contribution is 2.45. The highest BCUT2D eigenvalue weighted by molar-refractivity contribution is 5.85. The van der Waals surface area contributed by atoms with E-state index in [1.54, 1.807) is 29.5 Å². The number of anilines is 1. The van der Waals surface area contributed by atoms with Gasteiger partial charge in [0.15, 0.2) is 0 Å². The fourth-order valence-corrected chi connectivity index (χ4v) is 5.59. The van der Waals surface area contributed by atoms with Crippen LogP contribution >= 0.6 is 0 Å². The van der Waals surface area contributed by atoms with E-state index in [1.165, 1.54) is 18.4 Å². The normalized spacial score (nSPS) is 19.7. The van der Waals surface area contributed by atoms with Crippen LogP contribution in [0.25, 0.3) is 5.69 Å². The van der Waals surface area contributed by atoms with Gasteiger partial charge in [-0.2, -0.15) is 4.98 Å². The first-order valence-corrected chi connectivity index (χ1v) is 13.7. The van der Waals surface area contributed by atoms with Gasteiger partial charge in [0.25, 0.3) is 0 Å². The second-order valence-electron chi connectivity index (χ2n) is 11.5. The van der Waals surface area contributed by atoms with Gasteiger partial charge in [0.2, 0.25) is 12.3 Å². The minimum absolute atomic E-state index is 0.0540. The van der Waals surface area contributed by atoms with Crippen molar-refractivity contribution in [2.75, 3.05) is 44.2 Å². The van der Waals surface area contributed by atoms with Crippen LogP contribution in [-0.4, -0.2) is 88.1 Å². The zero-order valence-corrected chi connectivity index (χ0v) is 23.1. The molecule has 3 heterocycles. The van der Waals surface area contributed by atoms with Crippen molar-refractivity contribution in [3.63, 3.8) is 0 Å². The number of hydrogen-bond donors (Lipinski definition) is 3. The SMILES string of the molecule is CC(C)(N)C(=O)N1CCN(c2ccn(-c3ccc(CC4(N5CCC(N)CC5)CC4)cc3)c(=O)n2)CC1.NC=O. The van der Waals surface area contributed by atoms with E-state index in [0.29, 0.717) is 43.6 Å². The highest BCUT2D eigenvalue weighted by Gasteiger charge is 2.48.